The van der Waals surface area contributed by atoms with Crippen LogP contribution in [0.4, 0.5) is 5.69 Å². The third-order valence-electron chi connectivity index (χ3n) is 5.58. The average Bonchev–Trinajstić information content (AvgIpc) is 3.34. The van der Waals surface area contributed by atoms with Crippen LogP contribution in [0, 0.1) is 0 Å². The van der Waals surface area contributed by atoms with Gasteiger partial charge in [0.1, 0.15) is 4.21 Å². The number of thioether (sulfide) groups is 1. The highest BCUT2D eigenvalue weighted by Gasteiger charge is 2.30. The molecule has 2 N–H and O–H groups in total. The summed E-state index contributed by atoms with van der Waals surface area (Å²) >= 11 is 2.92. The number of carbonyl (C=O) groups excluding carboxylic acids is 1. The molecule has 0 saturated carbocycles. The highest BCUT2D eigenvalue weighted by Crippen LogP contribution is 2.28. The molecule has 0 unspecified atom stereocenters. The Hall–Kier alpha value is -2.33. The molecule has 33 heavy (non-hydrogen) atoms. The Morgan fingerprint density at radius 2 is 1.82 bits per heavy atom. The number of sulfonamides is 1. The Morgan fingerprint density at radius 1 is 1.06 bits per heavy atom. The van der Waals surface area contributed by atoms with E-state index in [1.54, 1.807) is 40.3 Å². The van der Waals surface area contributed by atoms with Crippen molar-refractivity contribution in [2.75, 3.05) is 24.7 Å². The maximum absolute atomic E-state index is 13.1. The first-order valence-electron chi connectivity index (χ1n) is 10.8. The number of nitrogens with one attached hydrogen (secondary N) is 2. The molecule has 1 aromatic heterocycles. The molecule has 174 valence electrons. The zero-order valence-corrected chi connectivity index (χ0v) is 20.8. The summed E-state index contributed by atoms with van der Waals surface area (Å²) in [7, 11) is -3.53. The van der Waals surface area contributed by atoms with Crippen LogP contribution in [0.15, 0.2) is 75.8 Å². The van der Waals surface area contributed by atoms with Crippen LogP contribution in [0.3, 0.4) is 0 Å². The minimum Gasteiger partial charge on any atom is -0.382 e. The van der Waals surface area contributed by atoms with Crippen molar-refractivity contribution in [3.05, 3.63) is 77.2 Å². The van der Waals surface area contributed by atoms with Crippen molar-refractivity contribution in [1.29, 1.82) is 0 Å². The summed E-state index contributed by atoms with van der Waals surface area (Å²) in [5, 5.41) is 6.39. The predicted molar refractivity (Wildman–Crippen MR) is 136 cm³/mol. The molecule has 0 spiro atoms. The summed E-state index contributed by atoms with van der Waals surface area (Å²) < 4.78 is 28.2. The molecule has 0 atom stereocenters. The van der Waals surface area contributed by atoms with Gasteiger partial charge in [-0.2, -0.15) is 4.31 Å². The number of carbonyl (C=O) groups is 1. The lowest BCUT2D eigenvalue weighted by molar-refractivity contribution is 0.0951. The zero-order valence-electron chi connectivity index (χ0n) is 18.4. The maximum atomic E-state index is 13.1. The number of hydrogen-bond donors (Lipinski definition) is 2. The van der Waals surface area contributed by atoms with E-state index in [1.165, 1.54) is 16.2 Å². The summed E-state index contributed by atoms with van der Waals surface area (Å²) in [6.07, 6.45) is 3.57. The maximum Gasteiger partial charge on any atom is 0.252 e. The number of piperidine rings is 1. The Kier molecular flexibility index (Phi) is 7.75. The number of anilines is 1. The minimum absolute atomic E-state index is 0.175. The van der Waals surface area contributed by atoms with Gasteiger partial charge in [0.2, 0.25) is 0 Å². The van der Waals surface area contributed by atoms with E-state index < -0.39 is 10.0 Å². The van der Waals surface area contributed by atoms with Gasteiger partial charge in [0.05, 0.1) is 6.54 Å². The Labute approximate surface area is 203 Å². The normalized spacial score (nSPS) is 15.3. The van der Waals surface area contributed by atoms with Crippen molar-refractivity contribution in [2.24, 2.45) is 0 Å². The van der Waals surface area contributed by atoms with Crippen molar-refractivity contribution in [2.45, 2.75) is 34.5 Å². The van der Waals surface area contributed by atoms with Crippen LogP contribution in [0.2, 0.25) is 0 Å². The van der Waals surface area contributed by atoms with Crippen LogP contribution in [0.5, 0.6) is 0 Å². The lowest BCUT2D eigenvalue weighted by atomic mass is 10.1. The first-order valence-corrected chi connectivity index (χ1v) is 14.3. The van der Waals surface area contributed by atoms with Crippen molar-refractivity contribution < 1.29 is 13.2 Å². The molecule has 3 aromatic rings. The monoisotopic (exact) mass is 501 g/mol. The van der Waals surface area contributed by atoms with Crippen LogP contribution in [0.1, 0.15) is 28.1 Å². The third kappa shape index (κ3) is 5.97. The smallest absolute Gasteiger partial charge is 0.252 e. The predicted octanol–water partition coefficient (Wildman–Crippen LogP) is 4.67. The van der Waals surface area contributed by atoms with E-state index in [0.717, 1.165) is 23.4 Å². The summed E-state index contributed by atoms with van der Waals surface area (Å²) in [5.41, 5.74) is 1.65. The first kappa shape index (κ1) is 23.8. The molecule has 0 radical (unpaired) electrons. The largest absolute Gasteiger partial charge is 0.382 e. The van der Waals surface area contributed by atoms with Crippen molar-refractivity contribution in [1.82, 2.24) is 9.62 Å². The number of amides is 1. The standard InChI is InChI=1S/C24H27N3O3S3/c1-31-21-9-5-8-20(16-21)26-19-12-14-27(15-13-19)33(29,30)23-11-10-22(32-23)17-25-24(28)18-6-3-2-4-7-18/h2-11,16,19,26H,12-15,17H2,1H3,(H,25,28). The average molecular weight is 502 g/mol. The topological polar surface area (TPSA) is 78.5 Å². The molecule has 1 aliphatic heterocycles. The molecule has 1 aliphatic rings. The molecule has 1 fully saturated rings. The highest BCUT2D eigenvalue weighted by molar-refractivity contribution is 7.98. The van der Waals surface area contributed by atoms with E-state index in [0.29, 0.717) is 29.4 Å². The van der Waals surface area contributed by atoms with Gasteiger partial charge in [-0.05, 0) is 61.6 Å². The number of nitrogens with zero attached hydrogens (tertiary/aromatic N) is 1. The fraction of sp³-hybridized carbons (Fsp3) is 0.292. The van der Waals surface area contributed by atoms with Crippen LogP contribution >= 0.6 is 23.1 Å². The van der Waals surface area contributed by atoms with Gasteiger partial charge in [0.15, 0.2) is 0 Å². The molecule has 4 rings (SSSR count). The van der Waals surface area contributed by atoms with Gasteiger partial charge in [0, 0.05) is 40.2 Å². The van der Waals surface area contributed by atoms with Gasteiger partial charge in [-0.1, -0.05) is 24.3 Å². The van der Waals surface area contributed by atoms with Crippen LogP contribution < -0.4 is 10.6 Å². The fourth-order valence-electron chi connectivity index (χ4n) is 3.77. The Balaban J connectivity index is 1.31. The number of hydrogen-bond acceptors (Lipinski definition) is 6. The van der Waals surface area contributed by atoms with E-state index in [2.05, 4.69) is 29.0 Å². The quantitative estimate of drug-likeness (QED) is 0.439. The summed E-state index contributed by atoms with van der Waals surface area (Å²) in [6, 6.07) is 20.9. The Morgan fingerprint density at radius 3 is 2.55 bits per heavy atom. The fourth-order valence-corrected chi connectivity index (χ4v) is 7.15. The second-order valence-electron chi connectivity index (χ2n) is 7.82. The van der Waals surface area contributed by atoms with Crippen molar-refractivity contribution in [3.63, 3.8) is 0 Å². The molecule has 9 heteroatoms. The zero-order chi connectivity index (χ0) is 23.3. The lowest BCUT2D eigenvalue weighted by Gasteiger charge is -2.31. The first-order chi connectivity index (χ1) is 16.0. The van der Waals surface area contributed by atoms with E-state index in [4.69, 9.17) is 0 Å². The molecule has 2 heterocycles. The number of thiophene rings is 1. The van der Waals surface area contributed by atoms with E-state index in [1.807, 2.05) is 30.3 Å². The van der Waals surface area contributed by atoms with Gasteiger partial charge >= 0.3 is 0 Å². The lowest BCUT2D eigenvalue weighted by Crippen LogP contribution is -2.42. The van der Waals surface area contributed by atoms with Crippen LogP contribution in [-0.4, -0.2) is 44.0 Å². The second-order valence-corrected chi connectivity index (χ2v) is 12.0. The van der Waals surface area contributed by atoms with E-state index in [9.17, 15) is 13.2 Å². The molecule has 0 aliphatic carbocycles. The summed E-state index contributed by atoms with van der Waals surface area (Å²) in [5.74, 6) is -0.175. The van der Waals surface area contributed by atoms with E-state index >= 15 is 0 Å². The van der Waals surface area contributed by atoms with E-state index in [-0.39, 0.29) is 11.9 Å². The molecular weight excluding hydrogens is 474 g/mol. The van der Waals surface area contributed by atoms with Gasteiger partial charge < -0.3 is 10.6 Å². The van der Waals surface area contributed by atoms with Gasteiger partial charge in [0.25, 0.3) is 15.9 Å². The molecule has 0 bridgehead atoms. The highest BCUT2D eigenvalue weighted by atomic mass is 32.2. The van der Waals surface area contributed by atoms with Gasteiger partial charge in [-0.15, -0.1) is 23.1 Å². The van der Waals surface area contributed by atoms with Crippen molar-refractivity contribution >= 4 is 44.7 Å². The van der Waals surface area contributed by atoms with Gasteiger partial charge in [-0.3, -0.25) is 4.79 Å². The summed E-state index contributed by atoms with van der Waals surface area (Å²) in [4.78, 5) is 14.2. The molecule has 1 amide bonds. The molecule has 2 aromatic carbocycles. The Bertz CT molecular complexity index is 1190. The molecule has 6 nitrogen and oxygen atoms in total. The minimum atomic E-state index is -3.53. The number of rotatable bonds is 8. The third-order valence-corrected chi connectivity index (χ3v) is 9.76. The van der Waals surface area contributed by atoms with Crippen molar-refractivity contribution in [3.8, 4) is 0 Å². The van der Waals surface area contributed by atoms with Gasteiger partial charge in [-0.25, -0.2) is 8.42 Å². The SMILES string of the molecule is CSc1cccc(NC2CCN(S(=O)(=O)c3ccc(CNC(=O)c4ccccc4)s3)CC2)c1. The number of benzene rings is 2. The van der Waals surface area contributed by atoms with Crippen LogP contribution in [0.25, 0.3) is 0 Å². The second kappa shape index (κ2) is 10.7. The molecular formula is C24H27N3O3S3. The molecule has 1 saturated heterocycles. The van der Waals surface area contributed by atoms with Crippen LogP contribution in [-0.2, 0) is 16.6 Å². The summed E-state index contributed by atoms with van der Waals surface area (Å²) in [6.45, 7) is 1.27.